The number of benzene rings is 3. The normalized spacial score (nSPS) is 17.0. The molecule has 1 unspecified atom stereocenters. The van der Waals surface area contributed by atoms with Crippen LogP contribution in [0.5, 0.6) is 0 Å². The second-order valence-corrected chi connectivity index (χ2v) is 10.2. The Bertz CT molecular complexity index is 1460. The van der Waals surface area contributed by atoms with E-state index in [1.54, 1.807) is 42.5 Å². The number of hydrogen-bond donors (Lipinski definition) is 4. The number of urea groups is 1. The van der Waals surface area contributed by atoms with Crippen molar-refractivity contribution < 1.29 is 22.4 Å². The molecule has 0 saturated heterocycles. The Hall–Kier alpha value is -3.73. The second kappa shape index (κ2) is 10.1. The van der Waals surface area contributed by atoms with Crippen LogP contribution in [0.15, 0.2) is 83.8 Å². The van der Waals surface area contributed by atoms with Crippen molar-refractivity contribution in [3.8, 4) is 11.1 Å². The van der Waals surface area contributed by atoms with Crippen molar-refractivity contribution in [3.63, 3.8) is 0 Å². The minimum absolute atomic E-state index is 0.00793. The van der Waals surface area contributed by atoms with Crippen molar-refractivity contribution >= 4 is 44.9 Å². The molecule has 0 saturated carbocycles. The number of hydrogen-bond acceptors (Lipinski definition) is 4. The zero-order valence-corrected chi connectivity index (χ0v) is 20.4. The number of allylic oxidation sites excluding steroid dienone is 1. The van der Waals surface area contributed by atoms with E-state index in [1.807, 2.05) is 0 Å². The van der Waals surface area contributed by atoms with Gasteiger partial charge in [0.15, 0.2) is 0 Å². The van der Waals surface area contributed by atoms with Crippen molar-refractivity contribution in [1.82, 2.24) is 5.32 Å². The van der Waals surface area contributed by atoms with Gasteiger partial charge in [0.2, 0.25) is 10.0 Å². The van der Waals surface area contributed by atoms with Gasteiger partial charge < -0.3 is 16.0 Å². The van der Waals surface area contributed by atoms with Crippen molar-refractivity contribution in [1.29, 1.82) is 0 Å². The van der Waals surface area contributed by atoms with E-state index in [4.69, 9.17) is 16.7 Å². The Morgan fingerprint density at radius 2 is 1.64 bits per heavy atom. The molecule has 0 bridgehead atoms. The number of rotatable bonds is 6. The largest absolute Gasteiger partial charge is 0.324 e. The lowest BCUT2D eigenvalue weighted by molar-refractivity contribution is -0.120. The first-order valence-corrected chi connectivity index (χ1v) is 12.8. The molecule has 0 heterocycles. The van der Waals surface area contributed by atoms with Gasteiger partial charge in [0.1, 0.15) is 11.4 Å². The third-order valence-electron chi connectivity index (χ3n) is 5.66. The quantitative estimate of drug-likeness (QED) is 0.347. The van der Waals surface area contributed by atoms with E-state index in [0.717, 1.165) is 6.07 Å². The van der Waals surface area contributed by atoms with Gasteiger partial charge in [-0.3, -0.25) is 4.79 Å². The fraction of sp³-hybridized carbons (Fsp3) is 0.120. The van der Waals surface area contributed by atoms with Crippen molar-refractivity contribution in [2.45, 2.75) is 23.3 Å². The maximum atomic E-state index is 15.0. The lowest BCUT2D eigenvalue weighted by Crippen LogP contribution is -2.55. The van der Waals surface area contributed by atoms with Crippen LogP contribution < -0.4 is 21.1 Å². The molecule has 11 heteroatoms. The van der Waals surface area contributed by atoms with E-state index in [-0.39, 0.29) is 21.7 Å². The van der Waals surface area contributed by atoms with E-state index in [1.165, 1.54) is 30.3 Å². The predicted octanol–water partition coefficient (Wildman–Crippen LogP) is 4.64. The second-order valence-electron chi connectivity index (χ2n) is 8.19. The smallest absolute Gasteiger partial charge is 0.320 e. The van der Waals surface area contributed by atoms with E-state index in [2.05, 4.69) is 16.0 Å². The molecule has 4 rings (SSSR count). The van der Waals surface area contributed by atoms with Crippen LogP contribution in [0.3, 0.4) is 0 Å². The van der Waals surface area contributed by atoms with Gasteiger partial charge in [-0.15, -0.1) is 0 Å². The average molecular weight is 529 g/mol. The highest BCUT2D eigenvalue weighted by Crippen LogP contribution is 2.31. The standard InChI is InChI=1S/C25H22ClFN4O4S/c26-16-7-9-17(10-8-16)30-24(33)31-25(13-3-4-14-25)23(32)29-18-11-12-19(21(27)15-18)20-5-1-2-6-22(20)36(28,34)35/h1-3,5-13,15H,4,14H2,(H,29,32)(H2,28,34,35)(H2,30,31,33). The molecular formula is C25H22ClFN4O4S. The summed E-state index contributed by atoms with van der Waals surface area (Å²) in [6, 6.07) is 15.5. The van der Waals surface area contributed by atoms with Gasteiger partial charge in [0, 0.05) is 27.5 Å². The third kappa shape index (κ3) is 5.56. The third-order valence-corrected chi connectivity index (χ3v) is 6.88. The maximum Gasteiger partial charge on any atom is 0.320 e. The summed E-state index contributed by atoms with van der Waals surface area (Å²) in [6.07, 6.45) is 4.24. The molecule has 1 aliphatic carbocycles. The highest BCUT2D eigenvalue weighted by molar-refractivity contribution is 7.89. The lowest BCUT2D eigenvalue weighted by atomic mass is 9.97. The number of halogens is 2. The Balaban J connectivity index is 1.53. The van der Waals surface area contributed by atoms with Gasteiger partial charge in [-0.05, 0) is 61.4 Å². The first-order chi connectivity index (χ1) is 17.1. The zero-order chi connectivity index (χ0) is 25.9. The Kier molecular flexibility index (Phi) is 7.11. The SMILES string of the molecule is NS(=O)(=O)c1ccccc1-c1ccc(NC(=O)C2(NC(=O)Nc3ccc(Cl)cc3)C=CCC2)cc1F. The molecular weight excluding hydrogens is 507 g/mol. The Morgan fingerprint density at radius 3 is 2.28 bits per heavy atom. The zero-order valence-electron chi connectivity index (χ0n) is 18.8. The fourth-order valence-electron chi connectivity index (χ4n) is 3.92. The lowest BCUT2D eigenvalue weighted by Gasteiger charge is -2.27. The summed E-state index contributed by atoms with van der Waals surface area (Å²) < 4.78 is 38.8. The number of primary sulfonamides is 1. The van der Waals surface area contributed by atoms with E-state index >= 15 is 4.39 Å². The molecule has 0 fully saturated rings. The molecule has 1 aliphatic rings. The average Bonchev–Trinajstić information content (AvgIpc) is 3.30. The van der Waals surface area contributed by atoms with Gasteiger partial charge in [-0.1, -0.05) is 42.0 Å². The monoisotopic (exact) mass is 528 g/mol. The highest BCUT2D eigenvalue weighted by Gasteiger charge is 2.39. The van der Waals surface area contributed by atoms with Crippen LogP contribution in [0.1, 0.15) is 12.8 Å². The van der Waals surface area contributed by atoms with Crippen molar-refractivity contribution in [3.05, 3.63) is 89.7 Å². The fourth-order valence-corrected chi connectivity index (χ4v) is 4.80. The molecule has 0 aliphatic heterocycles. The van der Waals surface area contributed by atoms with Gasteiger partial charge in [0.05, 0.1) is 4.90 Å². The number of carbonyl (C=O) groups is 2. The highest BCUT2D eigenvalue weighted by atomic mass is 35.5. The minimum Gasteiger partial charge on any atom is -0.324 e. The molecule has 0 aromatic heterocycles. The van der Waals surface area contributed by atoms with Crippen LogP contribution in [-0.2, 0) is 14.8 Å². The van der Waals surface area contributed by atoms with Crippen LogP contribution in [0, 0.1) is 5.82 Å². The van der Waals surface area contributed by atoms with Crippen LogP contribution in [0.25, 0.3) is 11.1 Å². The molecule has 8 nitrogen and oxygen atoms in total. The summed E-state index contributed by atoms with van der Waals surface area (Å²) in [4.78, 5) is 25.6. The van der Waals surface area contributed by atoms with E-state index in [0.29, 0.717) is 23.6 Å². The van der Waals surface area contributed by atoms with Crippen LogP contribution >= 0.6 is 11.6 Å². The molecule has 0 radical (unpaired) electrons. The molecule has 3 aromatic carbocycles. The van der Waals surface area contributed by atoms with E-state index in [9.17, 15) is 18.0 Å². The van der Waals surface area contributed by atoms with E-state index < -0.39 is 33.3 Å². The van der Waals surface area contributed by atoms with Crippen LogP contribution in [0.2, 0.25) is 5.02 Å². The maximum absolute atomic E-state index is 15.0. The predicted molar refractivity (Wildman–Crippen MR) is 137 cm³/mol. The van der Waals surface area contributed by atoms with Crippen LogP contribution in [0.4, 0.5) is 20.6 Å². The minimum atomic E-state index is -4.08. The number of nitrogens with two attached hydrogens (primary N) is 1. The summed E-state index contributed by atoms with van der Waals surface area (Å²) in [5.74, 6) is -1.31. The first kappa shape index (κ1) is 25.4. The van der Waals surface area contributed by atoms with Crippen molar-refractivity contribution in [2.24, 2.45) is 5.14 Å². The number of amides is 3. The summed E-state index contributed by atoms with van der Waals surface area (Å²) in [5.41, 5.74) is -0.605. The van der Waals surface area contributed by atoms with Gasteiger partial charge in [-0.2, -0.15) is 0 Å². The Morgan fingerprint density at radius 1 is 0.944 bits per heavy atom. The molecule has 36 heavy (non-hydrogen) atoms. The molecule has 1 atom stereocenters. The first-order valence-electron chi connectivity index (χ1n) is 10.8. The summed E-state index contributed by atoms with van der Waals surface area (Å²) in [5, 5.41) is 13.8. The van der Waals surface area contributed by atoms with Crippen molar-refractivity contribution in [2.75, 3.05) is 10.6 Å². The Labute approximate surface area is 212 Å². The topological polar surface area (TPSA) is 130 Å². The molecule has 5 N–H and O–H groups in total. The van der Waals surface area contributed by atoms with Crippen LogP contribution in [-0.4, -0.2) is 25.9 Å². The summed E-state index contributed by atoms with van der Waals surface area (Å²) in [7, 11) is -4.08. The number of nitrogens with one attached hydrogen (secondary N) is 3. The number of anilines is 2. The molecule has 3 aromatic rings. The summed E-state index contributed by atoms with van der Waals surface area (Å²) in [6.45, 7) is 0. The number of carbonyl (C=O) groups excluding carboxylic acids is 2. The molecule has 3 amide bonds. The molecule has 186 valence electrons. The molecule has 0 spiro atoms. The summed E-state index contributed by atoms with van der Waals surface area (Å²) >= 11 is 5.86. The number of sulfonamides is 1. The van der Waals surface area contributed by atoms with Gasteiger partial charge >= 0.3 is 6.03 Å². The van der Waals surface area contributed by atoms with Gasteiger partial charge in [-0.25, -0.2) is 22.7 Å². The van der Waals surface area contributed by atoms with Gasteiger partial charge in [0.25, 0.3) is 5.91 Å².